The molecule has 0 aliphatic heterocycles. The third-order valence-electron chi connectivity index (χ3n) is 2.96. The Morgan fingerprint density at radius 2 is 2.05 bits per heavy atom. The van der Waals surface area contributed by atoms with Crippen molar-refractivity contribution in [1.29, 1.82) is 0 Å². The van der Waals surface area contributed by atoms with Crippen molar-refractivity contribution in [2.75, 3.05) is 0 Å². The highest BCUT2D eigenvalue weighted by Crippen LogP contribution is 2.30. The van der Waals surface area contributed by atoms with Crippen LogP contribution in [0, 0.1) is 28.7 Å². The molecule has 0 fully saturated rings. The molecule has 2 aromatic rings. The van der Waals surface area contributed by atoms with E-state index in [9.17, 15) is 24.0 Å². The minimum Gasteiger partial charge on any atom is -0.389 e. The number of hydrogen-bond donors (Lipinski definition) is 1. The first kappa shape index (κ1) is 14.9. The molecule has 110 valence electrons. The molecule has 1 heterocycles. The predicted molar refractivity (Wildman–Crippen MR) is 69.4 cm³/mol. The summed E-state index contributed by atoms with van der Waals surface area (Å²) in [6, 6.07) is 1.53. The Morgan fingerprint density at radius 3 is 2.57 bits per heavy atom. The van der Waals surface area contributed by atoms with Crippen LogP contribution in [0.4, 0.5) is 14.5 Å². The van der Waals surface area contributed by atoms with Crippen LogP contribution in [-0.4, -0.2) is 20.0 Å². The van der Waals surface area contributed by atoms with Gasteiger partial charge in [-0.2, -0.15) is 4.39 Å². The van der Waals surface area contributed by atoms with Crippen LogP contribution in [0.25, 0.3) is 11.4 Å². The van der Waals surface area contributed by atoms with E-state index in [-0.39, 0.29) is 5.82 Å². The van der Waals surface area contributed by atoms with Crippen LogP contribution in [0.2, 0.25) is 0 Å². The van der Waals surface area contributed by atoms with Crippen LogP contribution >= 0.6 is 0 Å². The first-order valence-electron chi connectivity index (χ1n) is 5.97. The van der Waals surface area contributed by atoms with Crippen molar-refractivity contribution < 1.29 is 18.8 Å². The van der Waals surface area contributed by atoms with Gasteiger partial charge in [-0.25, -0.2) is 14.4 Å². The summed E-state index contributed by atoms with van der Waals surface area (Å²) in [5.74, 6) is -2.64. The highest BCUT2D eigenvalue weighted by Gasteiger charge is 2.24. The fourth-order valence-electron chi connectivity index (χ4n) is 1.89. The zero-order valence-corrected chi connectivity index (χ0v) is 11.2. The van der Waals surface area contributed by atoms with Crippen molar-refractivity contribution >= 4 is 5.69 Å². The number of halogens is 2. The second-order valence-corrected chi connectivity index (χ2v) is 4.42. The topological polar surface area (TPSA) is 89.2 Å². The zero-order chi connectivity index (χ0) is 15.7. The maximum absolute atomic E-state index is 14.0. The van der Waals surface area contributed by atoms with Crippen LogP contribution < -0.4 is 0 Å². The van der Waals surface area contributed by atoms with Gasteiger partial charge in [0, 0.05) is 23.5 Å². The van der Waals surface area contributed by atoms with Crippen LogP contribution in [0.15, 0.2) is 18.3 Å². The molecule has 0 amide bonds. The summed E-state index contributed by atoms with van der Waals surface area (Å²) in [6.45, 7) is 3.04. The Bertz CT molecular complexity index is 720. The number of nitrogens with zero attached hydrogens (tertiary/aromatic N) is 3. The molecular weight excluding hydrogens is 284 g/mol. The van der Waals surface area contributed by atoms with E-state index >= 15 is 0 Å². The fraction of sp³-hybridized carbons (Fsp3) is 0.231. The Kier molecular flexibility index (Phi) is 3.90. The first-order valence-corrected chi connectivity index (χ1v) is 5.97. The molecule has 0 radical (unpaired) electrons. The summed E-state index contributed by atoms with van der Waals surface area (Å²) in [5.41, 5.74) is -0.776. The van der Waals surface area contributed by atoms with Crippen molar-refractivity contribution in [3.05, 3.63) is 51.3 Å². The van der Waals surface area contributed by atoms with Gasteiger partial charge in [-0.05, 0) is 19.9 Å². The van der Waals surface area contributed by atoms with Gasteiger partial charge >= 0.3 is 5.69 Å². The molecule has 21 heavy (non-hydrogen) atoms. The van der Waals surface area contributed by atoms with Crippen molar-refractivity contribution in [3.8, 4) is 11.4 Å². The summed E-state index contributed by atoms with van der Waals surface area (Å²) >= 11 is 0. The normalized spacial score (nSPS) is 12.2. The molecule has 1 aromatic heterocycles. The lowest BCUT2D eigenvalue weighted by atomic mass is 10.1. The summed E-state index contributed by atoms with van der Waals surface area (Å²) in [6.07, 6.45) is 0.402. The van der Waals surface area contributed by atoms with Crippen molar-refractivity contribution in [2.24, 2.45) is 0 Å². The first-order chi connectivity index (χ1) is 9.82. The van der Waals surface area contributed by atoms with Crippen LogP contribution in [0.5, 0.6) is 0 Å². The largest absolute Gasteiger partial charge is 0.389 e. The van der Waals surface area contributed by atoms with E-state index in [1.807, 2.05) is 0 Å². The average molecular weight is 295 g/mol. The molecule has 1 atom stereocenters. The number of aryl methyl sites for hydroxylation is 1. The van der Waals surface area contributed by atoms with E-state index in [0.717, 1.165) is 12.1 Å². The molecule has 0 aliphatic rings. The van der Waals surface area contributed by atoms with Crippen molar-refractivity contribution in [1.82, 2.24) is 9.97 Å². The monoisotopic (exact) mass is 295 g/mol. The van der Waals surface area contributed by atoms with Crippen LogP contribution in [0.1, 0.15) is 24.3 Å². The molecule has 1 N–H and O–H groups in total. The van der Waals surface area contributed by atoms with Gasteiger partial charge in [-0.3, -0.25) is 10.1 Å². The molecule has 0 aliphatic carbocycles. The number of aromatic nitrogens is 2. The lowest BCUT2D eigenvalue weighted by Gasteiger charge is -2.10. The van der Waals surface area contributed by atoms with Crippen LogP contribution in [-0.2, 0) is 0 Å². The van der Waals surface area contributed by atoms with E-state index in [4.69, 9.17) is 0 Å². The SMILES string of the molecule is Cc1nc(-c2c(F)ccc([N+](=O)[O-])c2F)ncc1[C@H](C)O. The third-order valence-corrected chi connectivity index (χ3v) is 2.96. The molecule has 1 aromatic carbocycles. The van der Waals surface area contributed by atoms with E-state index < -0.39 is 33.9 Å². The average Bonchev–Trinajstić information content (AvgIpc) is 2.37. The zero-order valence-electron chi connectivity index (χ0n) is 11.2. The van der Waals surface area contributed by atoms with Gasteiger partial charge in [0.25, 0.3) is 0 Å². The standard InChI is InChI=1S/C13H11F2N3O3/c1-6-8(7(2)19)5-16-13(17-6)11-9(14)3-4-10(12(11)15)18(20)21/h3-5,7,19H,1-2H3/t7-/m0/s1. The lowest BCUT2D eigenvalue weighted by molar-refractivity contribution is -0.387. The quantitative estimate of drug-likeness (QED) is 0.694. The molecule has 8 heteroatoms. The van der Waals surface area contributed by atoms with Gasteiger partial charge in [-0.15, -0.1) is 0 Å². The van der Waals surface area contributed by atoms with Crippen LogP contribution in [0.3, 0.4) is 0 Å². The van der Waals surface area contributed by atoms with E-state index in [2.05, 4.69) is 9.97 Å². The number of aliphatic hydroxyl groups excluding tert-OH is 1. The van der Waals surface area contributed by atoms with Gasteiger partial charge in [0.15, 0.2) is 5.82 Å². The molecule has 0 unspecified atom stereocenters. The fourth-order valence-corrected chi connectivity index (χ4v) is 1.89. The summed E-state index contributed by atoms with van der Waals surface area (Å²) in [4.78, 5) is 17.4. The second kappa shape index (κ2) is 5.49. The number of rotatable bonds is 3. The maximum atomic E-state index is 14.0. The highest BCUT2D eigenvalue weighted by molar-refractivity contribution is 5.61. The molecule has 0 bridgehead atoms. The van der Waals surface area contributed by atoms with Crippen molar-refractivity contribution in [3.63, 3.8) is 0 Å². The summed E-state index contributed by atoms with van der Waals surface area (Å²) in [7, 11) is 0. The molecule has 0 saturated heterocycles. The van der Waals surface area contributed by atoms with Gasteiger partial charge in [0.1, 0.15) is 5.82 Å². The Labute approximate surface area is 118 Å². The molecule has 0 spiro atoms. The smallest absolute Gasteiger partial charge is 0.305 e. The Balaban J connectivity index is 2.64. The van der Waals surface area contributed by atoms with E-state index in [0.29, 0.717) is 11.3 Å². The Morgan fingerprint density at radius 1 is 1.38 bits per heavy atom. The van der Waals surface area contributed by atoms with Gasteiger partial charge in [0.2, 0.25) is 5.82 Å². The highest BCUT2D eigenvalue weighted by atomic mass is 19.1. The summed E-state index contributed by atoms with van der Waals surface area (Å²) < 4.78 is 27.8. The minimum absolute atomic E-state index is 0.310. The number of aliphatic hydroxyl groups is 1. The second-order valence-electron chi connectivity index (χ2n) is 4.42. The van der Waals surface area contributed by atoms with Crippen molar-refractivity contribution in [2.45, 2.75) is 20.0 Å². The number of nitro groups is 1. The van der Waals surface area contributed by atoms with E-state index in [1.165, 1.54) is 13.1 Å². The Hall–Kier alpha value is -2.48. The molecule has 6 nitrogen and oxygen atoms in total. The van der Waals surface area contributed by atoms with E-state index in [1.54, 1.807) is 6.92 Å². The minimum atomic E-state index is -1.33. The summed E-state index contributed by atoms with van der Waals surface area (Å²) in [5, 5.41) is 20.2. The third kappa shape index (κ3) is 2.70. The number of hydrogen-bond acceptors (Lipinski definition) is 5. The van der Waals surface area contributed by atoms with Gasteiger partial charge in [-0.1, -0.05) is 0 Å². The van der Waals surface area contributed by atoms with Gasteiger partial charge in [0.05, 0.1) is 16.6 Å². The molecular formula is C13H11F2N3O3. The molecule has 2 rings (SSSR count). The maximum Gasteiger partial charge on any atom is 0.305 e. The predicted octanol–water partition coefficient (Wildman–Crippen LogP) is 2.69. The molecule has 0 saturated carbocycles. The van der Waals surface area contributed by atoms with Gasteiger partial charge < -0.3 is 5.11 Å². The number of nitro benzene ring substituents is 1. The number of benzene rings is 1. The lowest BCUT2D eigenvalue weighted by Crippen LogP contribution is -2.04.